The second-order valence-electron chi connectivity index (χ2n) is 4.79. The summed E-state index contributed by atoms with van der Waals surface area (Å²) in [6.07, 6.45) is 0. The molecule has 0 amide bonds. The third kappa shape index (κ3) is 2.80. The SMILES string of the molecule is Cc1ncsc1Cn1c(C(C)Cl)nc2cc(I)c(F)cc21. The highest BCUT2D eigenvalue weighted by molar-refractivity contribution is 14.1. The number of fused-ring (bicyclic) bond motifs is 1. The fraction of sp³-hybridized carbons (Fsp3) is 0.286. The number of imidazole rings is 1. The quantitative estimate of drug-likeness (QED) is 0.433. The van der Waals surface area contributed by atoms with Crippen LogP contribution >= 0.6 is 45.5 Å². The van der Waals surface area contributed by atoms with Crippen molar-refractivity contribution in [1.29, 1.82) is 0 Å². The lowest BCUT2D eigenvalue weighted by atomic mass is 10.3. The van der Waals surface area contributed by atoms with Gasteiger partial charge in [0.1, 0.15) is 11.6 Å². The highest BCUT2D eigenvalue weighted by Crippen LogP contribution is 2.29. The molecule has 3 rings (SSSR count). The first kappa shape index (κ1) is 15.2. The van der Waals surface area contributed by atoms with Crippen LogP contribution in [0.2, 0.25) is 0 Å². The Morgan fingerprint density at radius 1 is 1.48 bits per heavy atom. The van der Waals surface area contributed by atoms with Crippen LogP contribution in [0.1, 0.15) is 28.7 Å². The van der Waals surface area contributed by atoms with E-state index in [4.69, 9.17) is 11.6 Å². The Morgan fingerprint density at radius 3 is 2.86 bits per heavy atom. The van der Waals surface area contributed by atoms with E-state index in [9.17, 15) is 4.39 Å². The normalized spacial score (nSPS) is 13.0. The first-order valence-corrected chi connectivity index (χ1v) is 8.75. The average Bonchev–Trinajstić information content (AvgIpc) is 2.97. The Labute approximate surface area is 144 Å². The summed E-state index contributed by atoms with van der Waals surface area (Å²) in [5.74, 6) is 0.514. The van der Waals surface area contributed by atoms with Crippen LogP contribution in [0.5, 0.6) is 0 Å². The highest BCUT2D eigenvalue weighted by Gasteiger charge is 2.18. The average molecular weight is 436 g/mol. The maximum absolute atomic E-state index is 13.9. The van der Waals surface area contributed by atoms with E-state index in [0.717, 1.165) is 27.4 Å². The lowest BCUT2D eigenvalue weighted by molar-refractivity contribution is 0.621. The zero-order chi connectivity index (χ0) is 15.1. The number of aromatic nitrogens is 3. The zero-order valence-corrected chi connectivity index (χ0v) is 15.1. The lowest BCUT2D eigenvalue weighted by Crippen LogP contribution is -2.05. The molecule has 1 atom stereocenters. The molecule has 110 valence electrons. The van der Waals surface area contributed by atoms with Gasteiger partial charge < -0.3 is 4.57 Å². The molecule has 0 saturated carbocycles. The molecule has 0 aliphatic rings. The number of hydrogen-bond acceptors (Lipinski definition) is 3. The molecule has 3 aromatic rings. The molecule has 0 N–H and O–H groups in total. The molecule has 3 nitrogen and oxygen atoms in total. The molecule has 0 bridgehead atoms. The third-order valence-electron chi connectivity index (χ3n) is 3.32. The molecule has 0 radical (unpaired) electrons. The van der Waals surface area contributed by atoms with E-state index < -0.39 is 0 Å². The van der Waals surface area contributed by atoms with E-state index in [1.807, 2.05) is 46.5 Å². The maximum atomic E-state index is 13.9. The topological polar surface area (TPSA) is 30.7 Å². The van der Waals surface area contributed by atoms with E-state index in [0.29, 0.717) is 10.1 Å². The van der Waals surface area contributed by atoms with Gasteiger partial charge in [-0.2, -0.15) is 0 Å². The number of thiazole rings is 1. The van der Waals surface area contributed by atoms with Crippen molar-refractivity contribution in [2.24, 2.45) is 0 Å². The fourth-order valence-corrected chi connectivity index (χ4v) is 3.61. The van der Waals surface area contributed by atoms with Crippen molar-refractivity contribution in [1.82, 2.24) is 14.5 Å². The van der Waals surface area contributed by atoms with Crippen LogP contribution in [0.4, 0.5) is 4.39 Å². The minimum absolute atomic E-state index is 0.237. The van der Waals surface area contributed by atoms with E-state index in [1.54, 1.807) is 17.4 Å². The van der Waals surface area contributed by atoms with Crippen molar-refractivity contribution in [2.45, 2.75) is 25.8 Å². The van der Waals surface area contributed by atoms with Crippen molar-refractivity contribution in [3.8, 4) is 0 Å². The van der Waals surface area contributed by atoms with Gasteiger partial charge in [-0.05, 0) is 42.5 Å². The summed E-state index contributed by atoms with van der Waals surface area (Å²) in [6, 6.07) is 3.28. The van der Waals surface area contributed by atoms with E-state index in [1.165, 1.54) is 6.07 Å². The molecule has 21 heavy (non-hydrogen) atoms. The van der Waals surface area contributed by atoms with Gasteiger partial charge in [-0.15, -0.1) is 22.9 Å². The Balaban J connectivity index is 2.20. The van der Waals surface area contributed by atoms with Gasteiger partial charge in [0.25, 0.3) is 0 Å². The second kappa shape index (κ2) is 5.81. The Kier molecular flexibility index (Phi) is 4.20. The molecule has 2 aromatic heterocycles. The predicted molar refractivity (Wildman–Crippen MR) is 92.6 cm³/mol. The Morgan fingerprint density at radius 2 is 2.24 bits per heavy atom. The molecule has 1 aromatic carbocycles. The molecule has 7 heteroatoms. The Bertz CT molecular complexity index is 812. The van der Waals surface area contributed by atoms with Gasteiger partial charge in [0.05, 0.1) is 37.7 Å². The van der Waals surface area contributed by atoms with Gasteiger partial charge in [0.2, 0.25) is 0 Å². The van der Waals surface area contributed by atoms with Crippen molar-refractivity contribution < 1.29 is 4.39 Å². The minimum Gasteiger partial charge on any atom is -0.321 e. The first-order chi connectivity index (χ1) is 9.97. The van der Waals surface area contributed by atoms with Crippen LogP contribution < -0.4 is 0 Å². The predicted octanol–water partition coefficient (Wildman–Crippen LogP) is 4.89. The summed E-state index contributed by atoms with van der Waals surface area (Å²) < 4.78 is 16.4. The van der Waals surface area contributed by atoms with Gasteiger partial charge in [-0.25, -0.2) is 14.4 Å². The van der Waals surface area contributed by atoms with Crippen molar-refractivity contribution >= 4 is 56.6 Å². The van der Waals surface area contributed by atoms with Crippen LogP contribution in [0.25, 0.3) is 11.0 Å². The number of hydrogen-bond donors (Lipinski definition) is 0. The zero-order valence-electron chi connectivity index (χ0n) is 11.4. The van der Waals surface area contributed by atoms with Gasteiger partial charge in [0, 0.05) is 10.9 Å². The van der Waals surface area contributed by atoms with Crippen molar-refractivity contribution in [3.05, 3.63) is 43.4 Å². The number of benzene rings is 1. The molecule has 0 fully saturated rings. The summed E-state index contributed by atoms with van der Waals surface area (Å²) in [4.78, 5) is 9.96. The van der Waals surface area contributed by atoms with Crippen LogP contribution in [-0.2, 0) is 6.54 Å². The van der Waals surface area contributed by atoms with E-state index in [-0.39, 0.29) is 11.2 Å². The first-order valence-electron chi connectivity index (χ1n) is 6.35. The van der Waals surface area contributed by atoms with Crippen LogP contribution in [0.15, 0.2) is 17.6 Å². The van der Waals surface area contributed by atoms with Gasteiger partial charge >= 0.3 is 0 Å². The summed E-state index contributed by atoms with van der Waals surface area (Å²) >= 11 is 9.81. The fourth-order valence-electron chi connectivity index (χ4n) is 2.23. The van der Waals surface area contributed by atoms with Crippen molar-refractivity contribution in [3.63, 3.8) is 0 Å². The summed E-state index contributed by atoms with van der Waals surface area (Å²) in [7, 11) is 0. The van der Waals surface area contributed by atoms with Gasteiger partial charge in [-0.1, -0.05) is 0 Å². The third-order valence-corrected chi connectivity index (χ3v) is 5.26. The number of aryl methyl sites for hydroxylation is 1. The van der Waals surface area contributed by atoms with Crippen molar-refractivity contribution in [2.75, 3.05) is 0 Å². The van der Waals surface area contributed by atoms with Crippen LogP contribution in [0, 0.1) is 16.3 Å². The summed E-state index contributed by atoms with van der Waals surface area (Å²) in [6.45, 7) is 4.46. The van der Waals surface area contributed by atoms with E-state index >= 15 is 0 Å². The lowest BCUT2D eigenvalue weighted by Gasteiger charge is -2.10. The number of nitrogens with zero attached hydrogens (tertiary/aromatic N) is 3. The maximum Gasteiger partial charge on any atom is 0.138 e. The minimum atomic E-state index is -0.244. The molecule has 0 aliphatic heterocycles. The van der Waals surface area contributed by atoms with Crippen LogP contribution in [-0.4, -0.2) is 14.5 Å². The van der Waals surface area contributed by atoms with E-state index in [2.05, 4.69) is 9.97 Å². The monoisotopic (exact) mass is 435 g/mol. The molecule has 1 unspecified atom stereocenters. The standard InChI is InChI=1S/C14H12ClFIN3S/c1-7(15)14-19-11-4-10(17)9(16)3-12(11)20(14)5-13-8(2)18-6-21-13/h3-4,6-7H,5H2,1-2H3. The molecular weight excluding hydrogens is 424 g/mol. The van der Waals surface area contributed by atoms with Gasteiger partial charge in [-0.3, -0.25) is 0 Å². The smallest absolute Gasteiger partial charge is 0.138 e. The van der Waals surface area contributed by atoms with Gasteiger partial charge in [0.15, 0.2) is 0 Å². The summed E-state index contributed by atoms with van der Waals surface area (Å²) in [5.41, 5.74) is 4.34. The highest BCUT2D eigenvalue weighted by atomic mass is 127. The molecule has 0 saturated heterocycles. The molecule has 0 spiro atoms. The molecular formula is C14H12ClFIN3S. The molecule has 0 aliphatic carbocycles. The Hall–Kier alpha value is -0.730. The number of alkyl halides is 1. The number of rotatable bonds is 3. The second-order valence-corrected chi connectivity index (χ2v) is 7.54. The molecule has 2 heterocycles. The largest absolute Gasteiger partial charge is 0.321 e. The summed E-state index contributed by atoms with van der Waals surface area (Å²) in [5, 5.41) is -0.244. The number of halogens is 3. The van der Waals surface area contributed by atoms with Crippen LogP contribution in [0.3, 0.4) is 0 Å².